The van der Waals surface area contributed by atoms with Crippen LogP contribution in [0.1, 0.15) is 91.9 Å². The molecule has 1 aliphatic heterocycles. The highest BCUT2D eigenvalue weighted by atomic mass is 16.3. The number of hydrogen-bond acceptors (Lipinski definition) is 4. The molecule has 0 radical (unpaired) electrons. The van der Waals surface area contributed by atoms with E-state index in [9.17, 15) is 15.3 Å². The number of aliphatic hydroxyl groups excluding tert-OH is 2. The maximum atomic E-state index is 10.7. The van der Waals surface area contributed by atoms with Crippen molar-refractivity contribution >= 4 is 0 Å². The molecule has 1 heterocycles. The molecular weight excluding hydrogens is 398 g/mol. The van der Waals surface area contributed by atoms with E-state index in [0.717, 1.165) is 25.4 Å². The first-order chi connectivity index (χ1) is 15.1. The van der Waals surface area contributed by atoms with Gasteiger partial charge < -0.3 is 15.3 Å². The summed E-state index contributed by atoms with van der Waals surface area (Å²) in [5.41, 5.74) is 2.56. The Kier molecular flexibility index (Phi) is 7.27. The molecule has 0 aromatic rings. The van der Waals surface area contributed by atoms with E-state index in [1.807, 2.05) is 13.8 Å². The van der Waals surface area contributed by atoms with Crippen molar-refractivity contribution in [2.45, 2.75) is 116 Å². The second-order valence-electron chi connectivity index (χ2n) is 12.4. The topological polar surface area (TPSA) is 63.9 Å². The molecule has 1 saturated heterocycles. The molecule has 4 heteroatoms. The van der Waals surface area contributed by atoms with E-state index in [2.05, 4.69) is 30.9 Å². The van der Waals surface area contributed by atoms with Crippen LogP contribution in [0.25, 0.3) is 0 Å². The highest BCUT2D eigenvalue weighted by molar-refractivity contribution is 5.26. The number of hydrogen-bond donors (Lipinski definition) is 3. The molecule has 4 nitrogen and oxygen atoms in total. The van der Waals surface area contributed by atoms with Crippen LogP contribution < -0.4 is 0 Å². The predicted octanol–water partition coefficient (Wildman–Crippen LogP) is 4.83. The lowest BCUT2D eigenvalue weighted by molar-refractivity contribution is -0.0143. The molecule has 0 amide bonds. The normalized spacial score (nSPS) is 41.2. The summed E-state index contributed by atoms with van der Waals surface area (Å²) in [4.78, 5) is 2.57. The molecule has 4 fully saturated rings. The quantitative estimate of drug-likeness (QED) is 0.567. The molecule has 0 bridgehead atoms. The molecule has 0 aromatic carbocycles. The fourth-order valence-corrected chi connectivity index (χ4v) is 8.09. The zero-order valence-electron chi connectivity index (χ0n) is 20.9. The van der Waals surface area contributed by atoms with Crippen molar-refractivity contribution in [2.24, 2.45) is 23.2 Å². The lowest BCUT2D eigenvalue weighted by Crippen LogP contribution is -2.48. The third kappa shape index (κ3) is 5.04. The van der Waals surface area contributed by atoms with Crippen LogP contribution in [0.2, 0.25) is 0 Å². The van der Waals surface area contributed by atoms with Gasteiger partial charge in [0.1, 0.15) is 0 Å². The first-order valence-corrected chi connectivity index (χ1v) is 13.3. The van der Waals surface area contributed by atoms with Gasteiger partial charge in [-0.05, 0) is 108 Å². The van der Waals surface area contributed by atoms with Crippen molar-refractivity contribution in [3.8, 4) is 0 Å². The molecule has 3 aliphatic carbocycles. The second-order valence-corrected chi connectivity index (χ2v) is 12.4. The van der Waals surface area contributed by atoms with Gasteiger partial charge in [0.15, 0.2) is 0 Å². The monoisotopic (exact) mass is 445 g/mol. The largest absolute Gasteiger partial charge is 0.393 e. The van der Waals surface area contributed by atoms with Gasteiger partial charge in [-0.15, -0.1) is 0 Å². The summed E-state index contributed by atoms with van der Waals surface area (Å²) in [6.07, 6.45) is 14.5. The minimum atomic E-state index is -0.618. The fourth-order valence-electron chi connectivity index (χ4n) is 8.09. The van der Waals surface area contributed by atoms with Gasteiger partial charge in [0.2, 0.25) is 0 Å². The summed E-state index contributed by atoms with van der Waals surface area (Å²) >= 11 is 0. The van der Waals surface area contributed by atoms with Crippen LogP contribution in [0.15, 0.2) is 23.3 Å². The third-order valence-electron chi connectivity index (χ3n) is 9.50. The summed E-state index contributed by atoms with van der Waals surface area (Å²) < 4.78 is 0. The van der Waals surface area contributed by atoms with Crippen LogP contribution in [-0.2, 0) is 0 Å². The second kappa shape index (κ2) is 9.52. The first-order valence-electron chi connectivity index (χ1n) is 13.3. The lowest BCUT2D eigenvalue weighted by Gasteiger charge is -2.45. The standard InChI is InChI=1S/C28H47NO3/c1-19(18-29-14-6-8-26(29)27(2,3)32)24-11-12-25-21(7-5-13-28(24,25)4)10-9-20-15-22(30)17-23(31)16-20/h9-10,19,22-26,30-32H,5-8,11-18H2,1-4H3/b21-10+/t19-,22-,23-,24-,25+,26+,28-/m1/s1. The fraction of sp³-hybridized carbons (Fsp3) is 0.857. The van der Waals surface area contributed by atoms with Crippen LogP contribution in [0.3, 0.4) is 0 Å². The van der Waals surface area contributed by atoms with Gasteiger partial charge in [0.25, 0.3) is 0 Å². The number of rotatable bonds is 5. The van der Waals surface area contributed by atoms with Gasteiger partial charge in [-0.3, -0.25) is 4.90 Å². The molecule has 4 rings (SSSR count). The van der Waals surface area contributed by atoms with Crippen LogP contribution in [-0.4, -0.2) is 57.2 Å². The van der Waals surface area contributed by atoms with Crippen molar-refractivity contribution in [1.82, 2.24) is 4.90 Å². The van der Waals surface area contributed by atoms with Crippen molar-refractivity contribution < 1.29 is 15.3 Å². The highest BCUT2D eigenvalue weighted by Crippen LogP contribution is 2.59. The number of fused-ring (bicyclic) bond motifs is 1. The minimum Gasteiger partial charge on any atom is -0.393 e. The Morgan fingerprint density at radius 2 is 1.81 bits per heavy atom. The third-order valence-corrected chi connectivity index (χ3v) is 9.50. The van der Waals surface area contributed by atoms with Crippen molar-refractivity contribution in [1.29, 1.82) is 0 Å². The molecule has 0 unspecified atom stereocenters. The van der Waals surface area contributed by atoms with E-state index < -0.39 is 17.8 Å². The maximum Gasteiger partial charge on any atom is 0.0746 e. The summed E-state index contributed by atoms with van der Waals surface area (Å²) in [7, 11) is 0. The van der Waals surface area contributed by atoms with Crippen molar-refractivity contribution in [3.05, 3.63) is 23.3 Å². The molecule has 4 aliphatic rings. The Balaban J connectivity index is 1.45. The van der Waals surface area contributed by atoms with E-state index in [4.69, 9.17) is 0 Å². The van der Waals surface area contributed by atoms with E-state index in [1.165, 1.54) is 44.1 Å². The van der Waals surface area contributed by atoms with Gasteiger partial charge in [0, 0.05) is 12.6 Å². The molecule has 0 aromatic heterocycles. The summed E-state index contributed by atoms with van der Waals surface area (Å²) in [5.74, 6) is 2.06. The molecule has 7 atom stereocenters. The average Bonchev–Trinajstić information content (AvgIpc) is 3.29. The lowest BCUT2D eigenvalue weighted by atomic mass is 9.61. The molecule has 32 heavy (non-hydrogen) atoms. The zero-order chi connectivity index (χ0) is 23.1. The van der Waals surface area contributed by atoms with Crippen molar-refractivity contribution in [3.63, 3.8) is 0 Å². The highest BCUT2D eigenvalue weighted by Gasteiger charge is 2.51. The average molecular weight is 446 g/mol. The molecular formula is C28H47NO3. The number of likely N-dealkylation sites (tertiary alicyclic amines) is 1. The predicted molar refractivity (Wildman–Crippen MR) is 130 cm³/mol. The zero-order valence-corrected chi connectivity index (χ0v) is 20.9. The van der Waals surface area contributed by atoms with E-state index in [-0.39, 0.29) is 0 Å². The van der Waals surface area contributed by atoms with Gasteiger partial charge in [0.05, 0.1) is 17.8 Å². The van der Waals surface area contributed by atoms with Gasteiger partial charge in [-0.25, -0.2) is 0 Å². The van der Waals surface area contributed by atoms with Crippen LogP contribution >= 0.6 is 0 Å². The Morgan fingerprint density at radius 3 is 2.50 bits per heavy atom. The Bertz CT molecular complexity index is 711. The van der Waals surface area contributed by atoms with E-state index >= 15 is 0 Å². The van der Waals surface area contributed by atoms with E-state index in [0.29, 0.717) is 42.6 Å². The molecule has 0 spiro atoms. The van der Waals surface area contributed by atoms with Crippen LogP contribution in [0.5, 0.6) is 0 Å². The van der Waals surface area contributed by atoms with Crippen molar-refractivity contribution in [2.75, 3.05) is 13.1 Å². The van der Waals surface area contributed by atoms with Gasteiger partial charge >= 0.3 is 0 Å². The Morgan fingerprint density at radius 1 is 1.09 bits per heavy atom. The number of aliphatic hydroxyl groups is 3. The van der Waals surface area contributed by atoms with E-state index in [1.54, 1.807) is 5.57 Å². The summed E-state index contributed by atoms with van der Waals surface area (Å²) in [5, 5.41) is 30.7. The summed E-state index contributed by atoms with van der Waals surface area (Å²) in [6, 6.07) is 0.296. The van der Waals surface area contributed by atoms with Crippen LogP contribution in [0, 0.1) is 23.2 Å². The Labute approximate surface area is 195 Å². The smallest absolute Gasteiger partial charge is 0.0746 e. The summed E-state index contributed by atoms with van der Waals surface area (Å²) in [6.45, 7) is 11.2. The number of nitrogens with zero attached hydrogens (tertiary/aromatic N) is 1. The maximum absolute atomic E-state index is 10.7. The molecule has 182 valence electrons. The molecule has 3 N–H and O–H groups in total. The van der Waals surface area contributed by atoms with Gasteiger partial charge in [-0.1, -0.05) is 37.1 Å². The number of allylic oxidation sites excluding steroid dienone is 3. The molecule has 3 saturated carbocycles. The van der Waals surface area contributed by atoms with Gasteiger partial charge in [-0.2, -0.15) is 0 Å². The van der Waals surface area contributed by atoms with Crippen LogP contribution in [0.4, 0.5) is 0 Å². The first kappa shape index (κ1) is 24.4. The Hall–Kier alpha value is -0.680. The minimum absolute atomic E-state index is 0.296. The SMILES string of the molecule is C[C@H](CN1CCC[C@H]1C(C)(C)O)[C@H]1CC[C@H]2/C(=C/C=C3C[C@@H](O)C[C@H](O)C3)CCC[C@]12C.